The van der Waals surface area contributed by atoms with Gasteiger partial charge in [-0.05, 0) is 67.8 Å². The average Bonchev–Trinajstić information content (AvgIpc) is 3.11. The molecule has 1 N–H and O–H groups in total. The van der Waals surface area contributed by atoms with Crippen molar-refractivity contribution in [2.45, 2.75) is 38.1 Å². The maximum absolute atomic E-state index is 13.7. The smallest absolute Gasteiger partial charge is 0.295 e. The average molecular weight is 478 g/mol. The van der Waals surface area contributed by atoms with Gasteiger partial charge in [0.1, 0.15) is 16.7 Å². The van der Waals surface area contributed by atoms with E-state index < -0.39 is 27.5 Å². The predicted octanol–water partition coefficient (Wildman–Crippen LogP) is 5.29. The fourth-order valence-electron chi connectivity index (χ4n) is 4.07. The molecule has 0 radical (unpaired) electrons. The number of anilines is 1. The number of rotatable bonds is 7. The number of amides is 1. The van der Waals surface area contributed by atoms with Gasteiger partial charge in [-0.25, -0.2) is 8.42 Å². The zero-order chi connectivity index (χ0) is 24.5. The molecule has 1 amide bonds. The van der Waals surface area contributed by atoms with Gasteiger partial charge in [-0.15, -0.1) is 0 Å². The Morgan fingerprint density at radius 2 is 1.53 bits per heavy atom. The maximum Gasteiger partial charge on any atom is 0.295 e. The van der Waals surface area contributed by atoms with E-state index in [1.807, 2.05) is 32.9 Å². The van der Waals surface area contributed by atoms with Gasteiger partial charge in [0.2, 0.25) is 9.84 Å². The molecular weight excluding hydrogens is 450 g/mol. The minimum Gasteiger partial charge on any atom is -0.502 e. The zero-order valence-corrected chi connectivity index (χ0v) is 20.2. The number of nitrogens with zero attached hydrogens (tertiary/aromatic N) is 1. The van der Waals surface area contributed by atoms with Crippen LogP contribution in [0.5, 0.6) is 5.75 Å². The molecule has 0 saturated heterocycles. The van der Waals surface area contributed by atoms with Crippen molar-refractivity contribution in [2.75, 3.05) is 11.5 Å². The molecule has 4 rings (SSSR count). The van der Waals surface area contributed by atoms with E-state index in [2.05, 4.69) is 0 Å². The first kappa shape index (κ1) is 23.6. The SMILES string of the molecule is CCOc1ccc([C@@H]2C(S(=O)(=O)c3ccc(C)cc3)=C(O)C(=O)N2c2ccc(CC)cc2)cc1. The minimum absolute atomic E-state index is 0.0200. The normalized spacial score (nSPS) is 16.3. The van der Waals surface area contributed by atoms with Crippen LogP contribution in [0.25, 0.3) is 0 Å². The van der Waals surface area contributed by atoms with Gasteiger partial charge in [0.15, 0.2) is 5.76 Å². The van der Waals surface area contributed by atoms with Crippen molar-refractivity contribution in [1.29, 1.82) is 0 Å². The van der Waals surface area contributed by atoms with E-state index in [1.54, 1.807) is 48.5 Å². The summed E-state index contributed by atoms with van der Waals surface area (Å²) in [5, 5.41) is 10.9. The summed E-state index contributed by atoms with van der Waals surface area (Å²) in [5.41, 5.74) is 3.03. The molecule has 0 spiro atoms. The number of ether oxygens (including phenoxy) is 1. The summed E-state index contributed by atoms with van der Waals surface area (Å²) < 4.78 is 32.9. The van der Waals surface area contributed by atoms with Crippen LogP contribution in [0.2, 0.25) is 0 Å². The van der Waals surface area contributed by atoms with Gasteiger partial charge >= 0.3 is 0 Å². The fraction of sp³-hybridized carbons (Fsp3) is 0.222. The van der Waals surface area contributed by atoms with Crippen molar-refractivity contribution in [2.24, 2.45) is 0 Å². The molecule has 34 heavy (non-hydrogen) atoms. The van der Waals surface area contributed by atoms with E-state index in [-0.39, 0.29) is 9.80 Å². The van der Waals surface area contributed by atoms with Crippen LogP contribution >= 0.6 is 0 Å². The van der Waals surface area contributed by atoms with Gasteiger partial charge in [0, 0.05) is 5.69 Å². The number of aliphatic hydroxyl groups is 1. The van der Waals surface area contributed by atoms with Crippen molar-refractivity contribution < 1.29 is 23.1 Å². The summed E-state index contributed by atoms with van der Waals surface area (Å²) in [6.45, 7) is 6.25. The van der Waals surface area contributed by atoms with Gasteiger partial charge < -0.3 is 9.84 Å². The van der Waals surface area contributed by atoms with Crippen LogP contribution in [0.15, 0.2) is 88.4 Å². The molecule has 1 aliphatic rings. The number of hydrogen-bond donors (Lipinski definition) is 1. The largest absolute Gasteiger partial charge is 0.502 e. The second-order valence-corrected chi connectivity index (χ2v) is 10.0. The van der Waals surface area contributed by atoms with Gasteiger partial charge in [-0.2, -0.15) is 0 Å². The lowest BCUT2D eigenvalue weighted by molar-refractivity contribution is -0.117. The fourth-order valence-corrected chi connectivity index (χ4v) is 5.70. The van der Waals surface area contributed by atoms with Crippen LogP contribution in [0.4, 0.5) is 5.69 Å². The number of carbonyl (C=O) groups is 1. The number of benzene rings is 3. The number of carbonyl (C=O) groups excluding carboxylic acids is 1. The van der Waals surface area contributed by atoms with Crippen LogP contribution in [0, 0.1) is 6.92 Å². The van der Waals surface area contributed by atoms with Crippen LogP contribution < -0.4 is 9.64 Å². The quantitative estimate of drug-likeness (QED) is 0.500. The lowest BCUT2D eigenvalue weighted by Crippen LogP contribution is -2.31. The van der Waals surface area contributed by atoms with E-state index in [4.69, 9.17) is 4.74 Å². The molecule has 0 saturated carbocycles. The molecule has 1 atom stereocenters. The number of aliphatic hydroxyl groups excluding tert-OH is 1. The van der Waals surface area contributed by atoms with Crippen LogP contribution in [-0.2, 0) is 21.1 Å². The summed E-state index contributed by atoms with van der Waals surface area (Å²) >= 11 is 0. The zero-order valence-electron chi connectivity index (χ0n) is 19.4. The molecule has 7 heteroatoms. The molecule has 3 aromatic carbocycles. The second-order valence-electron chi connectivity index (χ2n) is 8.13. The Morgan fingerprint density at radius 1 is 0.912 bits per heavy atom. The van der Waals surface area contributed by atoms with Crippen molar-refractivity contribution in [1.82, 2.24) is 0 Å². The van der Waals surface area contributed by atoms with Crippen molar-refractivity contribution in [3.8, 4) is 5.75 Å². The van der Waals surface area contributed by atoms with Crippen LogP contribution in [0.3, 0.4) is 0 Å². The van der Waals surface area contributed by atoms with E-state index in [9.17, 15) is 18.3 Å². The third kappa shape index (κ3) is 4.19. The summed E-state index contributed by atoms with van der Waals surface area (Å²) in [5.74, 6) is -0.890. The van der Waals surface area contributed by atoms with E-state index in [0.717, 1.165) is 17.5 Å². The van der Waals surface area contributed by atoms with Crippen molar-refractivity contribution in [3.63, 3.8) is 0 Å². The molecule has 0 unspecified atom stereocenters. The number of hydrogen-bond acceptors (Lipinski definition) is 5. The summed E-state index contributed by atoms with van der Waals surface area (Å²) in [4.78, 5) is 14.3. The lowest BCUT2D eigenvalue weighted by atomic mass is 10.0. The molecule has 1 heterocycles. The first-order chi connectivity index (χ1) is 16.3. The lowest BCUT2D eigenvalue weighted by Gasteiger charge is -2.27. The van der Waals surface area contributed by atoms with E-state index >= 15 is 0 Å². The topological polar surface area (TPSA) is 83.9 Å². The molecule has 0 aromatic heterocycles. The Labute approximate surface area is 200 Å². The van der Waals surface area contributed by atoms with Crippen molar-refractivity contribution in [3.05, 3.63) is 100 Å². The summed E-state index contributed by atoms with van der Waals surface area (Å²) in [6, 6.07) is 19.6. The first-order valence-corrected chi connectivity index (χ1v) is 12.7. The Morgan fingerprint density at radius 3 is 2.09 bits per heavy atom. The molecule has 1 aliphatic heterocycles. The highest BCUT2D eigenvalue weighted by atomic mass is 32.2. The molecular formula is C27H27NO5S. The Bertz CT molecular complexity index is 1330. The molecule has 0 aliphatic carbocycles. The van der Waals surface area contributed by atoms with Crippen LogP contribution in [-0.4, -0.2) is 26.0 Å². The Balaban J connectivity index is 1.88. The van der Waals surface area contributed by atoms with Gasteiger partial charge in [0.05, 0.1) is 11.5 Å². The van der Waals surface area contributed by atoms with Crippen molar-refractivity contribution >= 4 is 21.4 Å². The maximum atomic E-state index is 13.7. The number of aryl methyl sites for hydroxylation is 2. The Hall–Kier alpha value is -3.58. The first-order valence-electron chi connectivity index (χ1n) is 11.2. The monoisotopic (exact) mass is 477 g/mol. The van der Waals surface area contributed by atoms with Gasteiger partial charge in [-0.3, -0.25) is 9.69 Å². The van der Waals surface area contributed by atoms with Crippen LogP contribution in [0.1, 0.15) is 36.6 Å². The minimum atomic E-state index is -4.17. The molecule has 0 fully saturated rings. The van der Waals surface area contributed by atoms with Gasteiger partial charge in [0.25, 0.3) is 5.91 Å². The summed E-state index contributed by atoms with van der Waals surface area (Å²) in [7, 11) is -4.17. The Kier molecular flexibility index (Phi) is 6.48. The third-order valence-electron chi connectivity index (χ3n) is 5.91. The van der Waals surface area contributed by atoms with Gasteiger partial charge in [-0.1, -0.05) is 48.9 Å². The molecule has 0 bridgehead atoms. The van der Waals surface area contributed by atoms with E-state index in [0.29, 0.717) is 23.6 Å². The second kappa shape index (κ2) is 9.35. The number of sulfone groups is 1. The highest BCUT2D eigenvalue weighted by Gasteiger charge is 2.47. The molecule has 176 valence electrons. The molecule has 6 nitrogen and oxygen atoms in total. The standard InChI is InChI=1S/C27H27NO5S/c1-4-19-8-12-21(13-9-19)28-24(20-10-14-22(15-11-20)33-5-2)26(25(29)27(28)30)34(31,32)23-16-6-18(3)7-17-23/h6-17,24,29H,4-5H2,1-3H3/t24-/m1/s1. The highest BCUT2D eigenvalue weighted by Crippen LogP contribution is 2.45. The molecule has 3 aromatic rings. The highest BCUT2D eigenvalue weighted by molar-refractivity contribution is 7.95. The predicted molar refractivity (Wildman–Crippen MR) is 132 cm³/mol. The summed E-state index contributed by atoms with van der Waals surface area (Å²) in [6.07, 6.45) is 0.826. The third-order valence-corrected chi connectivity index (χ3v) is 7.80. The van der Waals surface area contributed by atoms with E-state index in [1.165, 1.54) is 17.0 Å².